The van der Waals surface area contributed by atoms with Crippen molar-refractivity contribution in [3.05, 3.63) is 61.8 Å². The molecule has 0 fully saturated rings. The quantitative estimate of drug-likeness (QED) is 0.798. The van der Waals surface area contributed by atoms with Gasteiger partial charge in [0, 0.05) is 23.9 Å². The number of ether oxygens (including phenoxy) is 1. The number of benzene rings is 1. The third-order valence-corrected chi connectivity index (χ3v) is 3.12. The molecular weight excluding hydrogens is 312 g/mol. The molecule has 2 aromatic rings. The van der Waals surface area contributed by atoms with E-state index in [-0.39, 0.29) is 0 Å². The smallest absolute Gasteiger partial charge is 0.316 e. The average molecular weight is 325 g/mol. The van der Waals surface area contributed by atoms with Gasteiger partial charge in [-0.05, 0) is 18.2 Å². The largest absolute Gasteiger partial charge is 0.492 e. The van der Waals surface area contributed by atoms with Crippen molar-refractivity contribution in [3.63, 3.8) is 0 Å². The van der Waals surface area contributed by atoms with Crippen molar-refractivity contribution in [2.24, 2.45) is 7.05 Å². The average Bonchev–Trinajstić information content (AvgIpc) is 2.39. The number of halogens is 1. The molecule has 0 saturated carbocycles. The van der Waals surface area contributed by atoms with Gasteiger partial charge in [-0.15, -0.1) is 0 Å². The Bertz CT molecular complexity index is 691. The minimum absolute atomic E-state index is 0.323. The number of aromatic nitrogens is 2. The zero-order valence-electron chi connectivity index (χ0n) is 10.4. The van der Waals surface area contributed by atoms with Crippen LogP contribution in [0.15, 0.2) is 50.7 Å². The van der Waals surface area contributed by atoms with Crippen LogP contribution in [0.2, 0.25) is 0 Å². The topological polar surface area (TPSA) is 53.2 Å². The second-order valence-corrected chi connectivity index (χ2v) is 4.93. The maximum Gasteiger partial charge on any atom is 0.316 e. The fraction of sp³-hybridized carbons (Fsp3) is 0.231. The monoisotopic (exact) mass is 324 g/mol. The van der Waals surface area contributed by atoms with E-state index in [1.165, 1.54) is 9.13 Å². The minimum Gasteiger partial charge on any atom is -0.492 e. The Kier molecular flexibility index (Phi) is 4.21. The van der Waals surface area contributed by atoms with Crippen LogP contribution in [0.3, 0.4) is 0 Å². The van der Waals surface area contributed by atoms with Crippen molar-refractivity contribution < 1.29 is 4.74 Å². The zero-order valence-corrected chi connectivity index (χ0v) is 12.0. The maximum absolute atomic E-state index is 11.7. The molecular formula is C13H13BrN2O3. The summed E-state index contributed by atoms with van der Waals surface area (Å²) in [4.78, 5) is 23.1. The molecule has 0 saturated heterocycles. The predicted molar refractivity (Wildman–Crippen MR) is 75.6 cm³/mol. The summed E-state index contributed by atoms with van der Waals surface area (Å²) in [6.07, 6.45) is 3.14. The van der Waals surface area contributed by atoms with E-state index in [1.807, 2.05) is 24.3 Å². The van der Waals surface area contributed by atoms with Gasteiger partial charge in [-0.3, -0.25) is 9.59 Å². The van der Waals surface area contributed by atoms with Crippen molar-refractivity contribution in [2.75, 3.05) is 6.61 Å². The highest BCUT2D eigenvalue weighted by Gasteiger charge is 2.02. The second kappa shape index (κ2) is 5.88. The van der Waals surface area contributed by atoms with E-state index in [0.717, 1.165) is 4.47 Å². The highest BCUT2D eigenvalue weighted by molar-refractivity contribution is 9.10. The summed E-state index contributed by atoms with van der Waals surface area (Å²) in [5.41, 5.74) is -1.08. The fourth-order valence-electron chi connectivity index (χ4n) is 1.58. The van der Waals surface area contributed by atoms with E-state index in [2.05, 4.69) is 15.9 Å². The number of hydrogen-bond acceptors (Lipinski definition) is 3. The molecule has 0 spiro atoms. The summed E-state index contributed by atoms with van der Waals surface area (Å²) in [5, 5.41) is 0. The van der Waals surface area contributed by atoms with Crippen LogP contribution in [0, 0.1) is 0 Å². The second-order valence-electron chi connectivity index (χ2n) is 4.02. The van der Waals surface area contributed by atoms with Gasteiger partial charge in [0.2, 0.25) is 0 Å². The van der Waals surface area contributed by atoms with E-state index >= 15 is 0 Å². The molecule has 100 valence electrons. The molecule has 19 heavy (non-hydrogen) atoms. The van der Waals surface area contributed by atoms with Crippen LogP contribution in [-0.2, 0) is 13.6 Å². The van der Waals surface area contributed by atoms with E-state index in [0.29, 0.717) is 18.9 Å². The molecule has 0 amide bonds. The van der Waals surface area contributed by atoms with Crippen molar-refractivity contribution >= 4 is 15.9 Å². The number of nitrogens with zero attached hydrogens (tertiary/aromatic N) is 2. The molecule has 6 heteroatoms. The number of aryl methyl sites for hydroxylation is 1. The highest BCUT2D eigenvalue weighted by Crippen LogP contribution is 2.17. The van der Waals surface area contributed by atoms with Crippen molar-refractivity contribution in [3.8, 4) is 5.75 Å². The molecule has 2 rings (SSSR count). The zero-order chi connectivity index (χ0) is 13.8. The van der Waals surface area contributed by atoms with Crippen LogP contribution < -0.4 is 15.9 Å². The Morgan fingerprint density at radius 1 is 1.21 bits per heavy atom. The van der Waals surface area contributed by atoms with Crippen molar-refractivity contribution in [1.82, 2.24) is 9.13 Å². The fourth-order valence-corrected chi connectivity index (χ4v) is 1.96. The first-order chi connectivity index (χ1) is 9.08. The molecule has 0 atom stereocenters. The summed E-state index contributed by atoms with van der Waals surface area (Å²) >= 11 is 3.35. The van der Waals surface area contributed by atoms with Gasteiger partial charge in [-0.2, -0.15) is 0 Å². The molecule has 0 unspecified atom stereocenters. The van der Waals surface area contributed by atoms with Gasteiger partial charge in [0.15, 0.2) is 0 Å². The van der Waals surface area contributed by atoms with Gasteiger partial charge in [0.05, 0.1) is 6.54 Å². The third-order valence-electron chi connectivity index (χ3n) is 2.63. The lowest BCUT2D eigenvalue weighted by Gasteiger charge is -2.08. The Labute approximate surface area is 118 Å². The van der Waals surface area contributed by atoms with Crippen molar-refractivity contribution in [2.45, 2.75) is 6.54 Å². The molecule has 5 nitrogen and oxygen atoms in total. The normalized spacial score (nSPS) is 10.4. The Morgan fingerprint density at radius 2 is 2.00 bits per heavy atom. The number of rotatable bonds is 4. The van der Waals surface area contributed by atoms with Gasteiger partial charge >= 0.3 is 11.1 Å². The summed E-state index contributed by atoms with van der Waals surface area (Å²) in [7, 11) is 1.55. The molecule has 0 aliphatic carbocycles. The first-order valence-electron chi connectivity index (χ1n) is 5.72. The van der Waals surface area contributed by atoms with Crippen LogP contribution in [-0.4, -0.2) is 15.7 Å². The van der Waals surface area contributed by atoms with Gasteiger partial charge in [0.1, 0.15) is 12.4 Å². The van der Waals surface area contributed by atoms with Crippen LogP contribution in [0.25, 0.3) is 0 Å². The SMILES string of the molecule is Cn1ccn(CCOc2cccc(Br)c2)c(=O)c1=O. The summed E-state index contributed by atoms with van der Waals surface area (Å²) in [5.74, 6) is 0.714. The first-order valence-corrected chi connectivity index (χ1v) is 6.51. The Balaban J connectivity index is 2.02. The Hall–Kier alpha value is -1.82. The minimum atomic E-state index is -0.539. The van der Waals surface area contributed by atoms with Crippen LogP contribution in [0.5, 0.6) is 5.75 Å². The van der Waals surface area contributed by atoms with Crippen molar-refractivity contribution in [1.29, 1.82) is 0 Å². The third kappa shape index (κ3) is 3.35. The first kappa shape index (κ1) is 13.6. The number of hydrogen-bond donors (Lipinski definition) is 0. The van der Waals surface area contributed by atoms with E-state index < -0.39 is 11.1 Å². The van der Waals surface area contributed by atoms with Crippen LogP contribution >= 0.6 is 15.9 Å². The van der Waals surface area contributed by atoms with Gasteiger partial charge in [-0.1, -0.05) is 22.0 Å². The molecule has 0 aliphatic rings. The van der Waals surface area contributed by atoms with E-state index in [9.17, 15) is 9.59 Å². The predicted octanol–water partition coefficient (Wildman–Crippen LogP) is 1.39. The summed E-state index contributed by atoms with van der Waals surface area (Å²) in [6.45, 7) is 0.658. The lowest BCUT2D eigenvalue weighted by Crippen LogP contribution is -2.40. The van der Waals surface area contributed by atoms with Crippen LogP contribution in [0.4, 0.5) is 0 Å². The van der Waals surface area contributed by atoms with Gasteiger partial charge in [0.25, 0.3) is 0 Å². The molecule has 0 bridgehead atoms. The lowest BCUT2D eigenvalue weighted by molar-refractivity contribution is 0.295. The standard InChI is InChI=1S/C13H13BrN2O3/c1-15-5-6-16(13(18)12(15)17)7-8-19-11-4-2-3-10(14)9-11/h2-6,9H,7-8H2,1H3. The highest BCUT2D eigenvalue weighted by atomic mass is 79.9. The molecule has 0 N–H and O–H groups in total. The lowest BCUT2D eigenvalue weighted by atomic mass is 10.3. The van der Waals surface area contributed by atoms with E-state index in [4.69, 9.17) is 4.74 Å². The molecule has 1 aromatic carbocycles. The van der Waals surface area contributed by atoms with Gasteiger partial charge in [-0.25, -0.2) is 0 Å². The summed E-state index contributed by atoms with van der Waals surface area (Å²) in [6, 6.07) is 7.44. The molecule has 1 aromatic heterocycles. The molecule has 0 aliphatic heterocycles. The van der Waals surface area contributed by atoms with Crippen LogP contribution in [0.1, 0.15) is 0 Å². The van der Waals surface area contributed by atoms with E-state index in [1.54, 1.807) is 19.4 Å². The van der Waals surface area contributed by atoms with Gasteiger partial charge < -0.3 is 13.9 Å². The molecule has 1 heterocycles. The maximum atomic E-state index is 11.7. The summed E-state index contributed by atoms with van der Waals surface area (Å²) < 4.78 is 9.05. The molecule has 0 radical (unpaired) electrons. The Morgan fingerprint density at radius 3 is 2.74 bits per heavy atom.